The zero-order valence-corrected chi connectivity index (χ0v) is 13.0. The number of nitrogens with zero attached hydrogens (tertiary/aromatic N) is 1. The Morgan fingerprint density at radius 2 is 2.05 bits per heavy atom. The van der Waals surface area contributed by atoms with Gasteiger partial charge in [0.1, 0.15) is 0 Å². The van der Waals surface area contributed by atoms with Crippen LogP contribution < -0.4 is 10.0 Å². The van der Waals surface area contributed by atoms with E-state index in [1.54, 1.807) is 12.3 Å². The molecule has 0 aliphatic rings. The van der Waals surface area contributed by atoms with Gasteiger partial charge in [0.2, 0.25) is 10.0 Å². The van der Waals surface area contributed by atoms with Gasteiger partial charge >= 0.3 is 0 Å². The molecule has 0 aromatic carbocycles. The fourth-order valence-corrected chi connectivity index (χ4v) is 3.04. The van der Waals surface area contributed by atoms with Crippen molar-refractivity contribution in [1.82, 2.24) is 14.6 Å². The Bertz CT molecular complexity index is 492. The fraction of sp³-hybridized carbons (Fsp3) is 0.692. The third-order valence-corrected chi connectivity index (χ3v) is 4.38. The van der Waals surface area contributed by atoms with Crippen molar-refractivity contribution >= 4 is 10.0 Å². The molecule has 0 aliphatic heterocycles. The van der Waals surface area contributed by atoms with E-state index < -0.39 is 10.0 Å². The largest absolute Gasteiger partial charge is 0.346 e. The average molecular weight is 287 g/mol. The van der Waals surface area contributed by atoms with E-state index in [0.29, 0.717) is 18.0 Å². The number of aromatic nitrogens is 1. The van der Waals surface area contributed by atoms with Crippen molar-refractivity contribution in [3.05, 3.63) is 18.0 Å². The quantitative estimate of drug-likeness (QED) is 0.717. The predicted molar refractivity (Wildman–Crippen MR) is 77.7 cm³/mol. The maximum absolute atomic E-state index is 12.2. The van der Waals surface area contributed by atoms with Gasteiger partial charge in [0, 0.05) is 31.0 Å². The molecule has 110 valence electrons. The minimum Gasteiger partial charge on any atom is -0.346 e. The second kappa shape index (κ2) is 7.07. The summed E-state index contributed by atoms with van der Waals surface area (Å²) in [6.07, 6.45) is 3.54. The summed E-state index contributed by atoms with van der Waals surface area (Å²) < 4.78 is 28.9. The first kappa shape index (κ1) is 16.2. The fourth-order valence-electron chi connectivity index (χ4n) is 1.91. The van der Waals surface area contributed by atoms with Gasteiger partial charge in [-0.1, -0.05) is 13.3 Å². The van der Waals surface area contributed by atoms with E-state index >= 15 is 0 Å². The molecule has 5 nitrogen and oxygen atoms in total. The minimum absolute atomic E-state index is 0.239. The maximum atomic E-state index is 12.2. The summed E-state index contributed by atoms with van der Waals surface area (Å²) in [6, 6.07) is 1.98. The van der Waals surface area contributed by atoms with Crippen LogP contribution in [0.25, 0.3) is 0 Å². The second-order valence-corrected chi connectivity index (χ2v) is 6.72. The smallest absolute Gasteiger partial charge is 0.242 e. The van der Waals surface area contributed by atoms with Crippen molar-refractivity contribution in [2.45, 2.75) is 51.1 Å². The molecule has 0 bridgehead atoms. The van der Waals surface area contributed by atoms with Gasteiger partial charge in [-0.3, -0.25) is 0 Å². The van der Waals surface area contributed by atoms with E-state index in [2.05, 4.69) is 10.0 Å². The summed E-state index contributed by atoms with van der Waals surface area (Å²) in [5.41, 5.74) is 0.980. The SMILES string of the molecule is CCCCNS(=O)(=O)c1cc(CNC)n(C(C)C)c1. The zero-order chi connectivity index (χ0) is 14.5. The van der Waals surface area contributed by atoms with E-state index in [0.717, 1.165) is 18.5 Å². The molecule has 0 aliphatic carbocycles. The number of hydrogen-bond donors (Lipinski definition) is 2. The number of sulfonamides is 1. The third kappa shape index (κ3) is 4.33. The van der Waals surface area contributed by atoms with Crippen molar-refractivity contribution in [2.24, 2.45) is 0 Å². The molecule has 2 N–H and O–H groups in total. The summed E-state index contributed by atoms with van der Waals surface area (Å²) in [4.78, 5) is 0.350. The maximum Gasteiger partial charge on any atom is 0.242 e. The molecule has 0 spiro atoms. The van der Waals surface area contributed by atoms with Crippen LogP contribution >= 0.6 is 0 Å². The van der Waals surface area contributed by atoms with Gasteiger partial charge in [-0.2, -0.15) is 0 Å². The van der Waals surface area contributed by atoms with E-state index in [9.17, 15) is 8.42 Å². The number of hydrogen-bond acceptors (Lipinski definition) is 3. The molecule has 1 aromatic heterocycles. The van der Waals surface area contributed by atoms with Crippen molar-refractivity contribution < 1.29 is 8.42 Å². The highest BCUT2D eigenvalue weighted by Crippen LogP contribution is 2.18. The molecule has 0 atom stereocenters. The summed E-state index contributed by atoms with van der Waals surface area (Å²) >= 11 is 0. The topological polar surface area (TPSA) is 63.1 Å². The Hall–Kier alpha value is -0.850. The lowest BCUT2D eigenvalue weighted by molar-refractivity contribution is 0.560. The van der Waals surface area contributed by atoms with Gasteiger partial charge in [-0.15, -0.1) is 0 Å². The summed E-state index contributed by atoms with van der Waals surface area (Å²) in [7, 11) is -1.53. The second-order valence-electron chi connectivity index (χ2n) is 4.95. The minimum atomic E-state index is -3.38. The molecular weight excluding hydrogens is 262 g/mol. The highest BCUT2D eigenvalue weighted by Gasteiger charge is 2.18. The Morgan fingerprint density at radius 3 is 2.58 bits per heavy atom. The van der Waals surface area contributed by atoms with Gasteiger partial charge in [-0.05, 0) is 33.4 Å². The van der Waals surface area contributed by atoms with Crippen LogP contribution in [0.1, 0.15) is 45.3 Å². The monoisotopic (exact) mass is 287 g/mol. The van der Waals surface area contributed by atoms with Crippen molar-refractivity contribution in [2.75, 3.05) is 13.6 Å². The van der Waals surface area contributed by atoms with Crippen LogP contribution in [0.2, 0.25) is 0 Å². The van der Waals surface area contributed by atoms with Crippen LogP contribution in [0.3, 0.4) is 0 Å². The highest BCUT2D eigenvalue weighted by atomic mass is 32.2. The number of rotatable bonds is 8. The predicted octanol–water partition coefficient (Wildman–Crippen LogP) is 1.87. The lowest BCUT2D eigenvalue weighted by Gasteiger charge is -2.11. The highest BCUT2D eigenvalue weighted by molar-refractivity contribution is 7.89. The van der Waals surface area contributed by atoms with E-state index in [1.807, 2.05) is 32.4 Å². The summed E-state index contributed by atoms with van der Waals surface area (Å²) in [6.45, 7) is 7.27. The molecule has 0 amide bonds. The number of unbranched alkanes of at least 4 members (excludes halogenated alkanes) is 1. The molecule has 0 radical (unpaired) electrons. The van der Waals surface area contributed by atoms with Crippen LogP contribution in [0.5, 0.6) is 0 Å². The van der Waals surface area contributed by atoms with Crippen molar-refractivity contribution in [1.29, 1.82) is 0 Å². The van der Waals surface area contributed by atoms with Crippen LogP contribution in [0.15, 0.2) is 17.2 Å². The molecule has 0 saturated heterocycles. The molecule has 6 heteroatoms. The van der Waals surface area contributed by atoms with Gasteiger partial charge < -0.3 is 9.88 Å². The Labute approximate surface area is 116 Å². The van der Waals surface area contributed by atoms with Crippen molar-refractivity contribution in [3.63, 3.8) is 0 Å². The van der Waals surface area contributed by atoms with E-state index in [-0.39, 0.29) is 6.04 Å². The van der Waals surface area contributed by atoms with Crippen LogP contribution in [-0.2, 0) is 16.6 Å². The summed E-state index contributed by atoms with van der Waals surface area (Å²) in [5.74, 6) is 0. The summed E-state index contributed by atoms with van der Waals surface area (Å²) in [5, 5.41) is 3.06. The van der Waals surface area contributed by atoms with Crippen LogP contribution in [0.4, 0.5) is 0 Å². The lowest BCUT2D eigenvalue weighted by Crippen LogP contribution is -2.24. The molecule has 0 unspecified atom stereocenters. The van der Waals surface area contributed by atoms with Crippen molar-refractivity contribution in [3.8, 4) is 0 Å². The van der Waals surface area contributed by atoms with E-state index in [1.165, 1.54) is 0 Å². The molecule has 1 aromatic rings. The third-order valence-electron chi connectivity index (χ3n) is 2.95. The van der Waals surface area contributed by atoms with Gasteiger partial charge in [0.15, 0.2) is 0 Å². The molecule has 0 saturated carbocycles. The van der Waals surface area contributed by atoms with E-state index in [4.69, 9.17) is 0 Å². The molecule has 19 heavy (non-hydrogen) atoms. The molecular formula is C13H25N3O2S. The standard InChI is InChI=1S/C13H25N3O2S/c1-5-6-7-15-19(17,18)13-8-12(9-14-4)16(10-13)11(2)3/h8,10-11,14-15H,5-7,9H2,1-4H3. The lowest BCUT2D eigenvalue weighted by atomic mass is 10.3. The first-order valence-electron chi connectivity index (χ1n) is 6.77. The molecule has 1 heterocycles. The Kier molecular flexibility index (Phi) is 6.03. The Balaban J connectivity index is 2.97. The Morgan fingerprint density at radius 1 is 1.37 bits per heavy atom. The van der Waals surface area contributed by atoms with Gasteiger partial charge in [-0.25, -0.2) is 13.1 Å². The van der Waals surface area contributed by atoms with Crippen LogP contribution in [-0.4, -0.2) is 26.6 Å². The molecule has 0 fully saturated rings. The first-order chi connectivity index (χ1) is 8.92. The van der Waals surface area contributed by atoms with Crippen LogP contribution in [0, 0.1) is 0 Å². The van der Waals surface area contributed by atoms with Gasteiger partial charge in [0.05, 0.1) is 4.90 Å². The zero-order valence-electron chi connectivity index (χ0n) is 12.2. The normalized spacial score (nSPS) is 12.3. The first-order valence-corrected chi connectivity index (χ1v) is 8.25. The van der Waals surface area contributed by atoms with Gasteiger partial charge in [0.25, 0.3) is 0 Å². The molecule has 1 rings (SSSR count). The number of nitrogens with one attached hydrogen (secondary N) is 2. The average Bonchev–Trinajstić information content (AvgIpc) is 2.74.